The van der Waals surface area contributed by atoms with Crippen LogP contribution in [0.5, 0.6) is 0 Å². The Balaban J connectivity index is 2.04. The summed E-state index contributed by atoms with van der Waals surface area (Å²) >= 11 is 0. The molecule has 2 aliphatic carbocycles. The van der Waals surface area contributed by atoms with Crippen LogP contribution in [0.15, 0.2) is 11.6 Å². The van der Waals surface area contributed by atoms with Gasteiger partial charge in [-0.25, -0.2) is 4.79 Å². The molecule has 0 aromatic heterocycles. The number of hydrogen-bond acceptors (Lipinski definition) is 4. The van der Waals surface area contributed by atoms with E-state index >= 15 is 0 Å². The third-order valence-electron chi connectivity index (χ3n) is 4.06. The van der Waals surface area contributed by atoms with E-state index in [1.54, 1.807) is 6.92 Å². The highest BCUT2D eigenvalue weighted by molar-refractivity contribution is 7.87. The summed E-state index contributed by atoms with van der Waals surface area (Å²) in [4.78, 5) is 11.2. The standard InChI is InChI=1S/C13H18F2O5S/c1-12(6-9-3-2-4-10(5-9)7-12)8-20-11(16)13(14,15)21(17,18)19/h6,10H,2-5,7-8H2,1H3,(H,17,18,19). The van der Waals surface area contributed by atoms with E-state index in [1.165, 1.54) is 5.57 Å². The SMILES string of the molecule is CC1(COC(=O)C(F)(F)S(=O)(=O)O)C=C2CCCC(C2)C1. The summed E-state index contributed by atoms with van der Waals surface area (Å²) in [7, 11) is -5.81. The summed E-state index contributed by atoms with van der Waals surface area (Å²) in [5, 5.41) is -4.93. The van der Waals surface area contributed by atoms with E-state index in [2.05, 4.69) is 4.74 Å². The molecule has 120 valence electrons. The number of carbonyl (C=O) groups excluding carboxylic acids is 1. The molecule has 21 heavy (non-hydrogen) atoms. The van der Waals surface area contributed by atoms with Crippen LogP contribution in [-0.4, -0.2) is 30.8 Å². The number of ether oxygens (including phenoxy) is 1. The van der Waals surface area contributed by atoms with E-state index in [1.807, 2.05) is 6.08 Å². The second-order valence-corrected chi connectivity index (χ2v) is 7.65. The maximum Gasteiger partial charge on any atom is 0.465 e. The predicted molar refractivity (Wildman–Crippen MR) is 70.2 cm³/mol. The minimum absolute atomic E-state index is 0.322. The Labute approximate surface area is 122 Å². The van der Waals surface area contributed by atoms with Gasteiger partial charge in [0, 0.05) is 5.41 Å². The van der Waals surface area contributed by atoms with Crippen LogP contribution in [0.3, 0.4) is 0 Å². The summed E-state index contributed by atoms with van der Waals surface area (Å²) < 4.78 is 60.0. The largest absolute Gasteiger partial charge is 0.465 e. The molecule has 0 saturated heterocycles. The second-order valence-electron chi connectivity index (χ2n) is 6.19. The molecule has 0 heterocycles. The van der Waals surface area contributed by atoms with E-state index in [0.29, 0.717) is 12.3 Å². The number of allylic oxidation sites excluding steroid dienone is 1. The Morgan fingerprint density at radius 1 is 1.57 bits per heavy atom. The van der Waals surface area contributed by atoms with E-state index < -0.39 is 26.8 Å². The first-order valence-electron chi connectivity index (χ1n) is 6.76. The molecule has 0 aromatic rings. The molecule has 2 unspecified atom stereocenters. The van der Waals surface area contributed by atoms with E-state index in [0.717, 1.165) is 25.7 Å². The average molecular weight is 324 g/mol. The molecule has 2 rings (SSSR count). The van der Waals surface area contributed by atoms with Crippen molar-refractivity contribution in [3.63, 3.8) is 0 Å². The van der Waals surface area contributed by atoms with Gasteiger partial charge in [-0.15, -0.1) is 0 Å². The van der Waals surface area contributed by atoms with Crippen LogP contribution in [0.4, 0.5) is 8.78 Å². The van der Waals surface area contributed by atoms with Crippen LogP contribution < -0.4 is 0 Å². The number of carbonyl (C=O) groups is 1. The molecule has 2 bridgehead atoms. The van der Waals surface area contributed by atoms with Crippen molar-refractivity contribution in [2.75, 3.05) is 6.61 Å². The summed E-state index contributed by atoms with van der Waals surface area (Å²) in [6.45, 7) is 1.47. The number of rotatable bonds is 4. The third-order valence-corrected chi connectivity index (χ3v) is 4.88. The molecule has 0 radical (unpaired) electrons. The monoisotopic (exact) mass is 324 g/mol. The van der Waals surface area contributed by atoms with Crippen LogP contribution in [0.2, 0.25) is 0 Å². The fourth-order valence-corrected chi connectivity index (χ4v) is 3.50. The maximum absolute atomic E-state index is 13.1. The molecular formula is C13H18F2O5S. The van der Waals surface area contributed by atoms with Crippen molar-refractivity contribution < 1.29 is 31.3 Å². The number of hydrogen-bond donors (Lipinski definition) is 1. The zero-order valence-corrected chi connectivity index (χ0v) is 12.5. The summed E-state index contributed by atoms with van der Waals surface area (Å²) in [5.41, 5.74) is 0.668. The highest BCUT2D eigenvalue weighted by atomic mass is 32.2. The quantitative estimate of drug-likeness (QED) is 0.488. The topological polar surface area (TPSA) is 80.7 Å². The number of halogens is 2. The van der Waals surface area contributed by atoms with Crippen molar-refractivity contribution in [2.24, 2.45) is 11.3 Å². The zero-order chi connectivity index (χ0) is 15.9. The molecule has 1 saturated carbocycles. The van der Waals surface area contributed by atoms with Gasteiger partial charge in [0.25, 0.3) is 0 Å². The first kappa shape index (κ1) is 16.4. The van der Waals surface area contributed by atoms with Crippen LogP contribution in [0.1, 0.15) is 39.0 Å². The van der Waals surface area contributed by atoms with E-state index in [4.69, 9.17) is 4.55 Å². The maximum atomic E-state index is 13.1. The lowest BCUT2D eigenvalue weighted by atomic mass is 9.68. The smallest absolute Gasteiger partial charge is 0.459 e. The van der Waals surface area contributed by atoms with Crippen molar-refractivity contribution in [3.05, 3.63) is 11.6 Å². The van der Waals surface area contributed by atoms with Crippen LogP contribution in [0.25, 0.3) is 0 Å². The molecule has 8 heteroatoms. The molecule has 2 atom stereocenters. The molecule has 0 aromatic carbocycles. The van der Waals surface area contributed by atoms with Gasteiger partial charge in [0.05, 0.1) is 0 Å². The van der Waals surface area contributed by atoms with E-state index in [9.17, 15) is 22.0 Å². The van der Waals surface area contributed by atoms with Crippen molar-refractivity contribution in [3.8, 4) is 0 Å². The molecule has 5 nitrogen and oxygen atoms in total. The molecule has 0 spiro atoms. The lowest BCUT2D eigenvalue weighted by Crippen LogP contribution is -2.41. The fourth-order valence-electron chi connectivity index (χ4n) is 3.23. The molecule has 0 amide bonds. The van der Waals surface area contributed by atoms with Gasteiger partial charge in [0.2, 0.25) is 0 Å². The Kier molecular flexibility index (Phi) is 4.14. The molecule has 2 aliphatic rings. The van der Waals surface area contributed by atoms with Gasteiger partial charge in [0.15, 0.2) is 0 Å². The van der Waals surface area contributed by atoms with Crippen LogP contribution in [-0.2, 0) is 19.6 Å². The van der Waals surface area contributed by atoms with Gasteiger partial charge in [-0.1, -0.05) is 18.6 Å². The molecule has 1 fully saturated rings. The minimum Gasteiger partial charge on any atom is -0.459 e. The molecule has 1 N–H and O–H groups in total. The molecule has 0 aliphatic heterocycles. The van der Waals surface area contributed by atoms with Gasteiger partial charge >= 0.3 is 21.3 Å². The van der Waals surface area contributed by atoms with Gasteiger partial charge < -0.3 is 4.74 Å². The van der Waals surface area contributed by atoms with Crippen LogP contribution >= 0.6 is 0 Å². The Bertz CT molecular complexity index is 569. The molecular weight excluding hydrogens is 306 g/mol. The van der Waals surface area contributed by atoms with Crippen molar-refractivity contribution >= 4 is 16.1 Å². The van der Waals surface area contributed by atoms with Gasteiger partial charge in [-0.05, 0) is 38.0 Å². The third kappa shape index (κ3) is 3.42. The Morgan fingerprint density at radius 3 is 2.81 bits per heavy atom. The van der Waals surface area contributed by atoms with Crippen LogP contribution in [0, 0.1) is 11.3 Å². The summed E-state index contributed by atoms with van der Waals surface area (Å²) in [6.07, 6.45) is 6.77. The lowest BCUT2D eigenvalue weighted by Gasteiger charge is -2.39. The number of fused-ring (bicyclic) bond motifs is 2. The van der Waals surface area contributed by atoms with Gasteiger partial charge in [-0.2, -0.15) is 17.2 Å². The van der Waals surface area contributed by atoms with Crippen molar-refractivity contribution in [2.45, 2.75) is 44.3 Å². The summed E-state index contributed by atoms with van der Waals surface area (Å²) in [5.74, 6) is -1.79. The first-order valence-corrected chi connectivity index (χ1v) is 8.20. The second kappa shape index (κ2) is 5.31. The normalized spacial score (nSPS) is 29.7. The lowest BCUT2D eigenvalue weighted by molar-refractivity contribution is -0.164. The predicted octanol–water partition coefficient (Wildman–Crippen LogP) is 2.54. The number of alkyl halides is 2. The Morgan fingerprint density at radius 2 is 2.24 bits per heavy atom. The zero-order valence-electron chi connectivity index (χ0n) is 11.6. The fraction of sp³-hybridized carbons (Fsp3) is 0.769. The first-order chi connectivity index (χ1) is 9.53. The van der Waals surface area contributed by atoms with Gasteiger partial charge in [-0.3, -0.25) is 4.55 Å². The highest BCUT2D eigenvalue weighted by Gasteiger charge is 2.54. The van der Waals surface area contributed by atoms with E-state index in [-0.39, 0.29) is 6.61 Å². The number of esters is 1. The Hall–Kier alpha value is -1.02. The van der Waals surface area contributed by atoms with Crippen molar-refractivity contribution in [1.82, 2.24) is 0 Å². The summed E-state index contributed by atoms with van der Waals surface area (Å²) in [6, 6.07) is 0. The minimum atomic E-state index is -5.81. The van der Waals surface area contributed by atoms with Gasteiger partial charge in [0.1, 0.15) is 6.61 Å². The highest BCUT2D eigenvalue weighted by Crippen LogP contribution is 2.44. The van der Waals surface area contributed by atoms with Crippen molar-refractivity contribution in [1.29, 1.82) is 0 Å². The average Bonchev–Trinajstić information content (AvgIpc) is 2.34.